The maximum Gasteiger partial charge on any atom is 0.232 e. The van der Waals surface area contributed by atoms with E-state index >= 15 is 0 Å². The summed E-state index contributed by atoms with van der Waals surface area (Å²) in [4.78, 5) is 17.7. The molecule has 4 aliphatic rings. The van der Waals surface area contributed by atoms with E-state index in [0.29, 0.717) is 15.2 Å². The summed E-state index contributed by atoms with van der Waals surface area (Å²) in [7, 11) is 0. The maximum atomic E-state index is 13.1. The largest absolute Gasteiger partial charge is 0.301 e. The average molecular weight is 407 g/mol. The lowest BCUT2D eigenvalue weighted by Crippen LogP contribution is -2.51. The number of benzene rings is 1. The Bertz CT molecular complexity index is 843. The number of amides is 1. The number of hydrogen-bond acceptors (Lipinski definition) is 3. The van der Waals surface area contributed by atoms with Crippen LogP contribution in [-0.4, -0.2) is 10.9 Å². The number of rotatable bonds is 3. The van der Waals surface area contributed by atoms with Gasteiger partial charge in [-0.3, -0.25) is 4.79 Å². The second-order valence-corrected chi connectivity index (χ2v) is 9.99. The first-order valence-corrected chi connectivity index (χ1v) is 10.9. The van der Waals surface area contributed by atoms with Crippen molar-refractivity contribution in [2.75, 3.05) is 5.32 Å². The van der Waals surface area contributed by atoms with Crippen LogP contribution in [-0.2, 0) is 4.79 Å². The maximum absolute atomic E-state index is 13.1. The molecule has 1 amide bonds. The molecule has 4 bridgehead atoms. The Morgan fingerprint density at radius 3 is 2.35 bits per heavy atom. The predicted molar refractivity (Wildman–Crippen MR) is 107 cm³/mol. The highest BCUT2D eigenvalue weighted by molar-refractivity contribution is 7.14. The second-order valence-electron chi connectivity index (χ2n) is 8.32. The lowest BCUT2D eigenvalue weighted by atomic mass is 9.49. The molecule has 0 aliphatic heterocycles. The van der Waals surface area contributed by atoms with E-state index in [9.17, 15) is 4.79 Å². The summed E-state index contributed by atoms with van der Waals surface area (Å²) >= 11 is 13.6. The van der Waals surface area contributed by atoms with Crippen LogP contribution in [0.5, 0.6) is 0 Å². The molecule has 1 N–H and O–H groups in total. The fourth-order valence-corrected chi connectivity index (χ4v) is 6.75. The van der Waals surface area contributed by atoms with Crippen LogP contribution >= 0.6 is 34.5 Å². The summed E-state index contributed by atoms with van der Waals surface area (Å²) in [5, 5.41) is 6.79. The average Bonchev–Trinajstić information content (AvgIpc) is 3.04. The highest BCUT2D eigenvalue weighted by Crippen LogP contribution is 2.60. The normalized spacial score (nSPS) is 32.0. The van der Waals surface area contributed by atoms with Crippen molar-refractivity contribution in [2.45, 2.75) is 38.5 Å². The van der Waals surface area contributed by atoms with Crippen molar-refractivity contribution in [1.29, 1.82) is 0 Å². The van der Waals surface area contributed by atoms with Crippen LogP contribution in [0.4, 0.5) is 5.13 Å². The van der Waals surface area contributed by atoms with Crippen molar-refractivity contribution < 1.29 is 4.79 Å². The van der Waals surface area contributed by atoms with Crippen LogP contribution in [0.2, 0.25) is 10.0 Å². The van der Waals surface area contributed by atoms with Gasteiger partial charge < -0.3 is 5.32 Å². The van der Waals surface area contributed by atoms with Crippen LogP contribution < -0.4 is 5.32 Å². The van der Waals surface area contributed by atoms with Crippen molar-refractivity contribution in [3.8, 4) is 11.3 Å². The van der Waals surface area contributed by atoms with Crippen molar-refractivity contribution in [1.82, 2.24) is 4.98 Å². The van der Waals surface area contributed by atoms with E-state index in [-0.39, 0.29) is 11.3 Å². The summed E-state index contributed by atoms with van der Waals surface area (Å²) in [6.45, 7) is 0. The second kappa shape index (κ2) is 6.22. The zero-order valence-corrected chi connectivity index (χ0v) is 16.6. The third kappa shape index (κ3) is 2.87. The molecular weight excluding hydrogens is 387 g/mol. The first-order valence-electron chi connectivity index (χ1n) is 9.23. The van der Waals surface area contributed by atoms with E-state index in [4.69, 9.17) is 23.2 Å². The predicted octanol–water partition coefficient (Wildman–Crippen LogP) is 6.27. The molecule has 0 spiro atoms. The van der Waals surface area contributed by atoms with Gasteiger partial charge in [0.15, 0.2) is 5.13 Å². The van der Waals surface area contributed by atoms with Crippen molar-refractivity contribution in [3.63, 3.8) is 0 Å². The molecule has 3 nitrogen and oxygen atoms in total. The molecular formula is C20H20Cl2N2OS. The fraction of sp³-hybridized carbons (Fsp3) is 0.500. The summed E-state index contributed by atoms with van der Waals surface area (Å²) in [6, 6.07) is 5.48. The third-order valence-corrected chi connectivity index (χ3v) is 7.96. The van der Waals surface area contributed by atoms with E-state index in [0.717, 1.165) is 48.3 Å². The molecule has 0 atom stereocenters. The van der Waals surface area contributed by atoms with Crippen molar-refractivity contribution in [3.05, 3.63) is 33.6 Å². The Morgan fingerprint density at radius 2 is 1.73 bits per heavy atom. The number of aromatic nitrogens is 1. The zero-order valence-electron chi connectivity index (χ0n) is 14.3. The molecule has 1 heterocycles. The first kappa shape index (κ1) is 17.0. The highest BCUT2D eigenvalue weighted by Gasteiger charge is 2.54. The number of nitrogens with zero attached hydrogens (tertiary/aromatic N) is 1. The SMILES string of the molecule is O=C(Nc1nc(-c2ccc(Cl)c(Cl)c2)cs1)C12CC3CC(CC(C3)C1)C2. The van der Waals surface area contributed by atoms with E-state index < -0.39 is 0 Å². The van der Waals surface area contributed by atoms with Gasteiger partial charge in [-0.2, -0.15) is 0 Å². The summed E-state index contributed by atoms with van der Waals surface area (Å²) < 4.78 is 0. The number of carbonyl (C=O) groups is 1. The molecule has 4 aliphatic carbocycles. The Hall–Kier alpha value is -1.10. The lowest BCUT2D eigenvalue weighted by molar-refractivity contribution is -0.140. The van der Waals surface area contributed by atoms with Gasteiger partial charge in [-0.25, -0.2) is 4.98 Å². The Balaban J connectivity index is 1.35. The molecule has 4 saturated carbocycles. The van der Waals surface area contributed by atoms with Crippen LogP contribution in [0.15, 0.2) is 23.6 Å². The van der Waals surface area contributed by atoms with E-state index in [1.165, 1.54) is 30.6 Å². The van der Waals surface area contributed by atoms with Crippen molar-refractivity contribution in [2.24, 2.45) is 23.2 Å². The molecule has 26 heavy (non-hydrogen) atoms. The number of nitrogens with one attached hydrogen (secondary N) is 1. The number of halogens is 2. The minimum Gasteiger partial charge on any atom is -0.301 e. The number of hydrogen-bond donors (Lipinski definition) is 1. The van der Waals surface area contributed by atoms with Crippen LogP contribution in [0, 0.1) is 23.2 Å². The molecule has 1 aromatic heterocycles. The molecule has 1 aromatic carbocycles. The van der Waals surface area contributed by atoms with Gasteiger partial charge in [0.25, 0.3) is 0 Å². The Labute approximate surface area is 167 Å². The van der Waals surface area contributed by atoms with Gasteiger partial charge in [-0.1, -0.05) is 29.3 Å². The Morgan fingerprint density at radius 1 is 1.08 bits per heavy atom. The molecule has 136 valence electrons. The van der Waals surface area contributed by atoms with Gasteiger partial charge in [0.05, 0.1) is 21.2 Å². The van der Waals surface area contributed by atoms with E-state index in [1.54, 1.807) is 6.07 Å². The summed E-state index contributed by atoms with van der Waals surface area (Å²) in [6.07, 6.45) is 7.21. The molecule has 0 radical (unpaired) electrons. The molecule has 4 fully saturated rings. The van der Waals surface area contributed by atoms with Gasteiger partial charge in [0, 0.05) is 10.9 Å². The van der Waals surface area contributed by atoms with Gasteiger partial charge in [-0.05, 0) is 68.4 Å². The Kier molecular flexibility index (Phi) is 4.07. The van der Waals surface area contributed by atoms with Gasteiger partial charge >= 0.3 is 0 Å². The fourth-order valence-electron chi connectivity index (χ4n) is 5.74. The highest BCUT2D eigenvalue weighted by atomic mass is 35.5. The summed E-state index contributed by atoms with van der Waals surface area (Å²) in [5.41, 5.74) is 1.57. The first-order chi connectivity index (χ1) is 12.5. The van der Waals surface area contributed by atoms with E-state index in [2.05, 4.69) is 10.3 Å². The topological polar surface area (TPSA) is 42.0 Å². The quantitative estimate of drug-likeness (QED) is 0.651. The number of carbonyl (C=O) groups excluding carboxylic acids is 1. The van der Waals surface area contributed by atoms with Crippen LogP contribution in [0.1, 0.15) is 38.5 Å². The third-order valence-electron chi connectivity index (χ3n) is 6.46. The standard InChI is InChI=1S/C20H20Cl2N2OS/c21-15-2-1-14(6-16(15)22)17-10-26-19(23-17)24-18(25)20-7-11-3-12(8-20)5-13(4-11)9-20/h1-2,6,10-13H,3-5,7-9H2,(H,23,24,25). The van der Waals surface area contributed by atoms with Gasteiger partial charge in [-0.15, -0.1) is 11.3 Å². The van der Waals surface area contributed by atoms with Crippen LogP contribution in [0.3, 0.4) is 0 Å². The monoisotopic (exact) mass is 406 g/mol. The van der Waals surface area contributed by atoms with Gasteiger partial charge in [0.2, 0.25) is 5.91 Å². The smallest absolute Gasteiger partial charge is 0.232 e. The molecule has 6 heteroatoms. The molecule has 6 rings (SSSR count). The molecule has 2 aromatic rings. The van der Waals surface area contributed by atoms with Crippen LogP contribution in [0.25, 0.3) is 11.3 Å². The number of anilines is 1. The summed E-state index contributed by atoms with van der Waals surface area (Å²) in [5.74, 6) is 2.46. The molecule has 0 saturated heterocycles. The van der Waals surface area contributed by atoms with Crippen molar-refractivity contribution >= 4 is 45.6 Å². The minimum absolute atomic E-state index is 0.149. The van der Waals surface area contributed by atoms with E-state index in [1.807, 2.05) is 17.5 Å². The minimum atomic E-state index is -0.149. The molecule has 0 unspecified atom stereocenters. The number of thiazole rings is 1. The van der Waals surface area contributed by atoms with Gasteiger partial charge in [0.1, 0.15) is 0 Å². The lowest BCUT2D eigenvalue weighted by Gasteiger charge is -2.55. The zero-order chi connectivity index (χ0) is 17.9.